The topological polar surface area (TPSA) is 29.5 Å². The molecule has 84 valence electrons. The molecule has 0 amide bonds. The molecule has 0 aromatic heterocycles. The second-order valence-electron chi connectivity index (χ2n) is 4.66. The van der Waals surface area contributed by atoms with Crippen molar-refractivity contribution in [1.29, 1.82) is 0 Å². The molecular weight excluding hydrogens is 200 g/mol. The Balaban J connectivity index is 2.30. The van der Waals surface area contributed by atoms with Gasteiger partial charge in [-0.05, 0) is 18.2 Å². The van der Waals surface area contributed by atoms with Crippen LogP contribution in [0, 0.1) is 11.8 Å². The molecule has 2 rings (SSSR count). The van der Waals surface area contributed by atoms with E-state index in [0.29, 0.717) is 6.42 Å². The van der Waals surface area contributed by atoms with Gasteiger partial charge >= 0.3 is 0 Å². The quantitative estimate of drug-likeness (QED) is 0.728. The Morgan fingerprint density at radius 3 is 3.00 bits per heavy atom. The first-order chi connectivity index (χ1) is 7.63. The van der Waals surface area contributed by atoms with Crippen LogP contribution in [0.25, 0.3) is 0 Å². The first-order valence-corrected chi connectivity index (χ1v) is 5.50. The highest BCUT2D eigenvalue weighted by Crippen LogP contribution is 2.38. The van der Waals surface area contributed by atoms with Crippen molar-refractivity contribution in [3.05, 3.63) is 29.3 Å². The Morgan fingerprint density at radius 2 is 2.25 bits per heavy atom. The van der Waals surface area contributed by atoms with E-state index < -0.39 is 0 Å². The summed E-state index contributed by atoms with van der Waals surface area (Å²) < 4.78 is 5.61. The van der Waals surface area contributed by atoms with Gasteiger partial charge in [0, 0.05) is 23.0 Å². The van der Waals surface area contributed by atoms with E-state index in [9.17, 15) is 0 Å². The molecule has 0 bridgehead atoms. The lowest BCUT2D eigenvalue weighted by Gasteiger charge is -2.14. The molecule has 1 aromatic carbocycles. The fraction of sp³-hybridized carbons (Fsp3) is 0.429. The third kappa shape index (κ3) is 2.05. The number of benzene rings is 1. The lowest BCUT2D eigenvalue weighted by atomic mass is 9.86. The van der Waals surface area contributed by atoms with Crippen LogP contribution in [0.4, 0.5) is 0 Å². The summed E-state index contributed by atoms with van der Waals surface area (Å²) in [6.45, 7) is 5.19. The summed E-state index contributed by atoms with van der Waals surface area (Å²) in [5.41, 5.74) is 2.29. The van der Waals surface area contributed by atoms with Gasteiger partial charge < -0.3 is 9.84 Å². The fourth-order valence-electron chi connectivity index (χ4n) is 1.82. The SMILES string of the molecule is CC1(C)COc2ccc(C#CCCO)cc21. The number of ether oxygens (including phenoxy) is 1. The summed E-state index contributed by atoms with van der Waals surface area (Å²) in [6, 6.07) is 6.03. The van der Waals surface area contributed by atoms with E-state index in [2.05, 4.69) is 31.8 Å². The van der Waals surface area contributed by atoms with Crippen molar-refractivity contribution < 1.29 is 9.84 Å². The summed E-state index contributed by atoms with van der Waals surface area (Å²) in [5.74, 6) is 6.95. The largest absolute Gasteiger partial charge is 0.492 e. The van der Waals surface area contributed by atoms with Crippen LogP contribution in [0.15, 0.2) is 18.2 Å². The van der Waals surface area contributed by atoms with Gasteiger partial charge in [0.2, 0.25) is 0 Å². The van der Waals surface area contributed by atoms with Crippen molar-refractivity contribution in [2.75, 3.05) is 13.2 Å². The molecule has 0 fully saturated rings. The molecule has 0 atom stereocenters. The molecule has 2 nitrogen and oxygen atoms in total. The fourth-order valence-corrected chi connectivity index (χ4v) is 1.82. The lowest BCUT2D eigenvalue weighted by molar-refractivity contribution is 0.291. The van der Waals surface area contributed by atoms with E-state index >= 15 is 0 Å². The third-order valence-corrected chi connectivity index (χ3v) is 2.77. The van der Waals surface area contributed by atoms with Crippen LogP contribution in [0.1, 0.15) is 31.4 Å². The number of aliphatic hydroxyl groups excluding tert-OH is 1. The van der Waals surface area contributed by atoms with E-state index in [4.69, 9.17) is 9.84 Å². The Morgan fingerprint density at radius 1 is 1.44 bits per heavy atom. The van der Waals surface area contributed by atoms with Crippen molar-refractivity contribution in [2.45, 2.75) is 25.7 Å². The lowest BCUT2D eigenvalue weighted by Crippen LogP contribution is -2.18. The predicted octanol–water partition coefficient (Wildman–Crippen LogP) is 2.09. The summed E-state index contributed by atoms with van der Waals surface area (Å²) in [4.78, 5) is 0. The van der Waals surface area contributed by atoms with Gasteiger partial charge in [0.1, 0.15) is 5.75 Å². The first-order valence-electron chi connectivity index (χ1n) is 5.50. The van der Waals surface area contributed by atoms with Gasteiger partial charge in [0.15, 0.2) is 0 Å². The van der Waals surface area contributed by atoms with Gasteiger partial charge in [0.25, 0.3) is 0 Å². The van der Waals surface area contributed by atoms with Crippen LogP contribution in [0.2, 0.25) is 0 Å². The van der Waals surface area contributed by atoms with E-state index in [-0.39, 0.29) is 12.0 Å². The van der Waals surface area contributed by atoms with E-state index in [1.807, 2.05) is 12.1 Å². The average molecular weight is 216 g/mol. The highest BCUT2D eigenvalue weighted by Gasteiger charge is 2.31. The number of hydrogen-bond acceptors (Lipinski definition) is 2. The third-order valence-electron chi connectivity index (χ3n) is 2.77. The van der Waals surface area contributed by atoms with Crippen LogP contribution >= 0.6 is 0 Å². The zero-order valence-electron chi connectivity index (χ0n) is 9.71. The van der Waals surface area contributed by atoms with Crippen LogP contribution in [-0.2, 0) is 5.41 Å². The summed E-state index contributed by atoms with van der Waals surface area (Å²) in [6.07, 6.45) is 0.525. The maximum Gasteiger partial charge on any atom is 0.123 e. The molecule has 0 spiro atoms. The van der Waals surface area contributed by atoms with Crippen molar-refractivity contribution >= 4 is 0 Å². The van der Waals surface area contributed by atoms with Crippen molar-refractivity contribution in [3.8, 4) is 17.6 Å². The molecule has 16 heavy (non-hydrogen) atoms. The van der Waals surface area contributed by atoms with Crippen LogP contribution in [-0.4, -0.2) is 18.3 Å². The van der Waals surface area contributed by atoms with E-state index in [1.54, 1.807) is 0 Å². The second kappa shape index (κ2) is 4.19. The molecule has 1 aliphatic heterocycles. The Labute approximate surface area is 96.3 Å². The molecule has 0 radical (unpaired) electrons. The molecule has 0 saturated heterocycles. The number of fused-ring (bicyclic) bond motifs is 1. The molecule has 1 aromatic rings. The zero-order chi connectivity index (χ0) is 11.6. The molecule has 0 unspecified atom stereocenters. The van der Waals surface area contributed by atoms with Gasteiger partial charge in [-0.15, -0.1) is 0 Å². The molecule has 0 aliphatic carbocycles. The predicted molar refractivity (Wildman–Crippen MR) is 63.5 cm³/mol. The van der Waals surface area contributed by atoms with Crippen molar-refractivity contribution in [3.63, 3.8) is 0 Å². The maximum atomic E-state index is 8.66. The van der Waals surface area contributed by atoms with Crippen LogP contribution in [0.3, 0.4) is 0 Å². The van der Waals surface area contributed by atoms with Gasteiger partial charge in [-0.3, -0.25) is 0 Å². The normalized spacial score (nSPS) is 15.9. The van der Waals surface area contributed by atoms with Gasteiger partial charge in [0.05, 0.1) is 13.2 Å². The summed E-state index contributed by atoms with van der Waals surface area (Å²) >= 11 is 0. The summed E-state index contributed by atoms with van der Waals surface area (Å²) in [7, 11) is 0. The number of aliphatic hydroxyl groups is 1. The van der Waals surface area contributed by atoms with Crippen LogP contribution < -0.4 is 4.74 Å². The number of rotatable bonds is 1. The standard InChI is InChI=1S/C14H16O2/c1-14(2)10-16-13-7-6-11(9-12(13)14)5-3-4-8-15/h6-7,9,15H,4,8,10H2,1-2H3. The zero-order valence-corrected chi connectivity index (χ0v) is 9.71. The molecule has 1 N–H and O–H groups in total. The molecular formula is C14H16O2. The monoisotopic (exact) mass is 216 g/mol. The van der Waals surface area contributed by atoms with E-state index in [0.717, 1.165) is 17.9 Å². The smallest absolute Gasteiger partial charge is 0.123 e. The first kappa shape index (κ1) is 11.0. The van der Waals surface area contributed by atoms with Gasteiger partial charge in [-0.1, -0.05) is 25.7 Å². The van der Waals surface area contributed by atoms with Crippen molar-refractivity contribution in [2.24, 2.45) is 0 Å². The average Bonchev–Trinajstić information content (AvgIpc) is 2.56. The van der Waals surface area contributed by atoms with Crippen LogP contribution in [0.5, 0.6) is 5.75 Å². The molecule has 2 heteroatoms. The molecule has 1 aliphatic rings. The Hall–Kier alpha value is -1.46. The highest BCUT2D eigenvalue weighted by atomic mass is 16.5. The number of hydrogen-bond donors (Lipinski definition) is 1. The second-order valence-corrected chi connectivity index (χ2v) is 4.66. The minimum Gasteiger partial charge on any atom is -0.492 e. The maximum absolute atomic E-state index is 8.66. The Kier molecular flexibility index (Phi) is 2.89. The van der Waals surface area contributed by atoms with Gasteiger partial charge in [-0.2, -0.15) is 0 Å². The minimum absolute atomic E-state index is 0.0734. The Bertz CT molecular complexity index is 450. The molecule has 1 heterocycles. The minimum atomic E-state index is 0.0734. The highest BCUT2D eigenvalue weighted by molar-refractivity contribution is 5.49. The van der Waals surface area contributed by atoms with E-state index in [1.165, 1.54) is 5.56 Å². The summed E-state index contributed by atoms with van der Waals surface area (Å²) in [5, 5.41) is 8.66. The van der Waals surface area contributed by atoms with Crippen molar-refractivity contribution in [1.82, 2.24) is 0 Å². The molecule has 0 saturated carbocycles. The van der Waals surface area contributed by atoms with Gasteiger partial charge in [-0.25, -0.2) is 0 Å².